The summed E-state index contributed by atoms with van der Waals surface area (Å²) in [5.74, 6) is 1.90. The van der Waals surface area contributed by atoms with Gasteiger partial charge in [0.25, 0.3) is 11.8 Å². The van der Waals surface area contributed by atoms with E-state index in [0.29, 0.717) is 32.2 Å². The molecule has 0 saturated carbocycles. The minimum Gasteiger partial charge on any atom is -0.497 e. The first kappa shape index (κ1) is 28.1. The minimum absolute atomic E-state index is 0.349. The number of benzene rings is 4. The van der Waals surface area contributed by atoms with Crippen molar-refractivity contribution in [1.82, 2.24) is 9.13 Å². The van der Waals surface area contributed by atoms with Crippen LogP contribution in [-0.4, -0.2) is 35.2 Å². The van der Waals surface area contributed by atoms with Crippen LogP contribution in [0.2, 0.25) is 0 Å². The number of thiazole rings is 2. The molecule has 0 radical (unpaired) electrons. The minimum atomic E-state index is -0.349. The molecule has 0 aliphatic rings. The zero-order valence-electron chi connectivity index (χ0n) is 23.7. The largest absolute Gasteiger partial charge is 0.497 e. The molecule has 216 valence electrons. The Morgan fingerprint density at radius 3 is 1.33 bits per heavy atom. The predicted molar refractivity (Wildman–Crippen MR) is 167 cm³/mol. The molecule has 43 heavy (non-hydrogen) atoms. The van der Waals surface area contributed by atoms with Gasteiger partial charge in [-0.05, 0) is 84.9 Å². The average molecular weight is 611 g/mol. The summed E-state index contributed by atoms with van der Waals surface area (Å²) in [6.07, 6.45) is 0. The summed E-state index contributed by atoms with van der Waals surface area (Å²) in [7, 11) is 7.00. The van der Waals surface area contributed by atoms with Crippen LogP contribution in [0.15, 0.2) is 94.9 Å². The number of aryl methyl sites for hydroxylation is 2. The lowest BCUT2D eigenvalue weighted by atomic mass is 10.2. The molecule has 0 aliphatic carbocycles. The molecular weight excluding hydrogens is 585 g/mol. The Hall–Kier alpha value is -5.00. The number of fused-ring (bicyclic) bond motifs is 2. The summed E-state index contributed by atoms with van der Waals surface area (Å²) < 4.78 is 22.3. The summed E-state index contributed by atoms with van der Waals surface area (Å²) >= 11 is 2.84. The van der Waals surface area contributed by atoms with Crippen LogP contribution in [0.4, 0.5) is 0 Å². The third-order valence-corrected chi connectivity index (χ3v) is 9.05. The SMILES string of the molecule is COc1ccc2c(c1)sc(=NC(=O)c1ccc(Oc3ccc(C(=O)N=c4sc5cc(OC)ccc5n4C)cc3)cc1)n2C. The highest BCUT2D eigenvalue weighted by molar-refractivity contribution is 7.16. The molecule has 4 aromatic carbocycles. The van der Waals surface area contributed by atoms with E-state index in [1.165, 1.54) is 22.7 Å². The molecule has 11 heteroatoms. The lowest BCUT2D eigenvalue weighted by Gasteiger charge is -2.06. The van der Waals surface area contributed by atoms with Gasteiger partial charge in [-0.3, -0.25) is 9.59 Å². The maximum Gasteiger partial charge on any atom is 0.279 e. The van der Waals surface area contributed by atoms with Crippen LogP contribution in [-0.2, 0) is 14.1 Å². The Morgan fingerprint density at radius 1 is 0.581 bits per heavy atom. The molecule has 0 N–H and O–H groups in total. The van der Waals surface area contributed by atoms with Gasteiger partial charge in [0.2, 0.25) is 0 Å². The second kappa shape index (κ2) is 11.7. The van der Waals surface area contributed by atoms with Crippen molar-refractivity contribution in [3.8, 4) is 23.0 Å². The number of methoxy groups -OCH3 is 2. The predicted octanol–water partition coefficient (Wildman–Crippen LogP) is 6.08. The lowest BCUT2D eigenvalue weighted by molar-refractivity contribution is 0.0989. The highest BCUT2D eigenvalue weighted by Crippen LogP contribution is 2.25. The first-order valence-electron chi connectivity index (χ1n) is 13.2. The van der Waals surface area contributed by atoms with E-state index in [0.717, 1.165) is 31.9 Å². The van der Waals surface area contributed by atoms with E-state index in [1.54, 1.807) is 62.8 Å². The third kappa shape index (κ3) is 5.72. The molecule has 0 bridgehead atoms. The maximum atomic E-state index is 12.9. The zero-order valence-corrected chi connectivity index (χ0v) is 25.4. The van der Waals surface area contributed by atoms with Crippen molar-refractivity contribution in [2.24, 2.45) is 24.1 Å². The summed E-state index contributed by atoms with van der Waals surface area (Å²) in [6.45, 7) is 0. The number of ether oxygens (including phenoxy) is 3. The number of nitrogens with zero attached hydrogens (tertiary/aromatic N) is 4. The average Bonchev–Trinajstić information content (AvgIpc) is 3.51. The van der Waals surface area contributed by atoms with E-state index in [2.05, 4.69) is 9.98 Å². The molecule has 0 saturated heterocycles. The number of rotatable bonds is 6. The van der Waals surface area contributed by atoms with Crippen molar-refractivity contribution >= 4 is 54.9 Å². The Kier molecular flexibility index (Phi) is 7.66. The Morgan fingerprint density at radius 2 is 0.953 bits per heavy atom. The quantitative estimate of drug-likeness (QED) is 0.228. The molecule has 0 atom stereocenters. The van der Waals surface area contributed by atoms with Crippen molar-refractivity contribution < 1.29 is 23.8 Å². The molecule has 6 aromatic rings. The monoisotopic (exact) mass is 610 g/mol. The van der Waals surface area contributed by atoms with Gasteiger partial charge < -0.3 is 23.3 Å². The van der Waals surface area contributed by atoms with Crippen LogP contribution in [0.1, 0.15) is 20.7 Å². The molecule has 0 spiro atoms. The Labute approximate surface area is 254 Å². The highest BCUT2D eigenvalue weighted by Gasteiger charge is 2.11. The number of carbonyl (C=O) groups is 2. The van der Waals surface area contributed by atoms with Crippen LogP contribution in [0.5, 0.6) is 23.0 Å². The van der Waals surface area contributed by atoms with E-state index in [1.807, 2.05) is 59.6 Å². The molecule has 2 aromatic heterocycles. The Balaban J connectivity index is 1.15. The van der Waals surface area contributed by atoms with Crippen LogP contribution in [0.25, 0.3) is 20.4 Å². The van der Waals surface area contributed by atoms with Crippen molar-refractivity contribution in [1.29, 1.82) is 0 Å². The Bertz CT molecular complexity index is 1980. The molecule has 0 fully saturated rings. The fourth-order valence-corrected chi connectivity index (χ4v) is 6.56. The third-order valence-electron chi connectivity index (χ3n) is 6.87. The van der Waals surface area contributed by atoms with Gasteiger partial charge in [0.05, 0.1) is 34.7 Å². The first-order chi connectivity index (χ1) is 20.8. The van der Waals surface area contributed by atoms with Gasteiger partial charge in [0.15, 0.2) is 9.60 Å². The standard InChI is InChI=1S/C32H26N4O5S2/c1-35-25-15-13-23(39-3)17-27(25)42-31(35)33-29(37)19-5-9-21(10-6-19)41-22-11-7-20(8-12-22)30(38)34-32-36(2)26-16-14-24(40-4)18-28(26)43-32/h5-18H,1-4H3. The van der Waals surface area contributed by atoms with E-state index in [9.17, 15) is 9.59 Å². The molecule has 2 amide bonds. The van der Waals surface area contributed by atoms with Crippen molar-refractivity contribution in [3.63, 3.8) is 0 Å². The van der Waals surface area contributed by atoms with Crippen molar-refractivity contribution in [3.05, 3.63) is 106 Å². The zero-order chi connectivity index (χ0) is 30.1. The molecule has 2 heterocycles. The number of amides is 2. The summed E-state index contributed by atoms with van der Waals surface area (Å²) in [6, 6.07) is 25.1. The van der Waals surface area contributed by atoms with E-state index in [4.69, 9.17) is 14.2 Å². The van der Waals surface area contributed by atoms with Gasteiger partial charge in [-0.15, -0.1) is 0 Å². The summed E-state index contributed by atoms with van der Waals surface area (Å²) in [4.78, 5) is 35.6. The topological polar surface area (TPSA) is 96.4 Å². The van der Waals surface area contributed by atoms with Crippen LogP contribution in [0, 0.1) is 0 Å². The summed E-state index contributed by atoms with van der Waals surface area (Å²) in [5, 5.41) is 0. The molecule has 0 aliphatic heterocycles. The van der Waals surface area contributed by atoms with Crippen molar-refractivity contribution in [2.75, 3.05) is 14.2 Å². The van der Waals surface area contributed by atoms with Gasteiger partial charge in [0, 0.05) is 25.2 Å². The van der Waals surface area contributed by atoms with E-state index in [-0.39, 0.29) is 11.8 Å². The van der Waals surface area contributed by atoms with Crippen LogP contribution in [0.3, 0.4) is 0 Å². The fraction of sp³-hybridized carbons (Fsp3) is 0.125. The van der Waals surface area contributed by atoms with Gasteiger partial charge in [-0.1, -0.05) is 22.7 Å². The number of aromatic nitrogens is 2. The van der Waals surface area contributed by atoms with Crippen molar-refractivity contribution in [2.45, 2.75) is 0 Å². The van der Waals surface area contributed by atoms with Crippen LogP contribution >= 0.6 is 22.7 Å². The fourth-order valence-electron chi connectivity index (χ4n) is 4.47. The first-order valence-corrected chi connectivity index (χ1v) is 14.8. The second-order valence-electron chi connectivity index (χ2n) is 9.54. The molecule has 0 unspecified atom stereocenters. The van der Waals surface area contributed by atoms with Gasteiger partial charge in [-0.25, -0.2) is 0 Å². The maximum absolute atomic E-state index is 12.9. The van der Waals surface area contributed by atoms with E-state index < -0.39 is 0 Å². The molecular formula is C32H26N4O5S2. The van der Waals surface area contributed by atoms with Gasteiger partial charge >= 0.3 is 0 Å². The molecule has 9 nitrogen and oxygen atoms in total. The number of hydrogen-bond acceptors (Lipinski definition) is 7. The van der Waals surface area contributed by atoms with Crippen LogP contribution < -0.4 is 23.8 Å². The smallest absolute Gasteiger partial charge is 0.279 e. The number of hydrogen-bond donors (Lipinski definition) is 0. The van der Waals surface area contributed by atoms with E-state index >= 15 is 0 Å². The highest BCUT2D eigenvalue weighted by atomic mass is 32.1. The lowest BCUT2D eigenvalue weighted by Crippen LogP contribution is -2.13. The van der Waals surface area contributed by atoms with Gasteiger partial charge in [-0.2, -0.15) is 9.98 Å². The normalized spacial score (nSPS) is 12.2. The van der Waals surface area contributed by atoms with Gasteiger partial charge in [0.1, 0.15) is 23.0 Å². The number of carbonyl (C=O) groups excluding carboxylic acids is 2. The molecule has 6 rings (SSSR count). The second-order valence-corrected chi connectivity index (χ2v) is 11.6. The summed E-state index contributed by atoms with van der Waals surface area (Å²) in [5.41, 5.74) is 2.82.